The number of benzene rings is 2. The Morgan fingerprint density at radius 3 is 2.58 bits per heavy atom. The first-order valence-electron chi connectivity index (χ1n) is 12.3. The average Bonchev–Trinajstić information content (AvgIpc) is 3.25. The van der Waals surface area contributed by atoms with Crippen LogP contribution >= 0.6 is 0 Å². The minimum Gasteiger partial charge on any atom is -0.324 e. The van der Waals surface area contributed by atoms with Crippen LogP contribution in [-0.2, 0) is 13.6 Å². The van der Waals surface area contributed by atoms with E-state index in [9.17, 15) is 9.59 Å². The summed E-state index contributed by atoms with van der Waals surface area (Å²) in [5.41, 5.74) is 4.31. The largest absolute Gasteiger partial charge is 0.324 e. The summed E-state index contributed by atoms with van der Waals surface area (Å²) in [6, 6.07) is 9.72. The quantitative estimate of drug-likeness (QED) is 0.324. The maximum absolute atomic E-state index is 15.0. The van der Waals surface area contributed by atoms with Crippen LogP contribution in [0.15, 0.2) is 42.6 Å². The van der Waals surface area contributed by atoms with Crippen molar-refractivity contribution in [3.05, 3.63) is 59.5 Å². The highest BCUT2D eigenvalue weighted by Gasteiger charge is 2.45. The van der Waals surface area contributed by atoms with E-state index in [4.69, 9.17) is 5.84 Å². The number of halogens is 1. The Morgan fingerprint density at radius 1 is 1.17 bits per heavy atom. The molecule has 0 atom stereocenters. The molecule has 3 amide bonds. The first-order valence-corrected chi connectivity index (χ1v) is 12.3. The summed E-state index contributed by atoms with van der Waals surface area (Å²) in [5, 5.41) is 5.26. The zero-order valence-corrected chi connectivity index (χ0v) is 20.7. The highest BCUT2D eigenvalue weighted by molar-refractivity contribution is 5.95. The molecular weight excluding hydrogens is 461 g/mol. The van der Waals surface area contributed by atoms with Crippen molar-refractivity contribution < 1.29 is 14.0 Å². The number of likely N-dealkylation sites (tertiary alicyclic amines) is 2. The second-order valence-electron chi connectivity index (χ2n) is 9.95. The Labute approximate surface area is 209 Å². The SMILES string of the molecule is CCN1CC2(CCN(C(=O)N(Cc3ccc(C(=O)NN)cc3F)c3ccc4cnn(C)c4c3)CC2)C1. The number of hydrazine groups is 1. The van der Waals surface area contributed by atoms with Crippen molar-refractivity contribution in [2.45, 2.75) is 26.3 Å². The fourth-order valence-electron chi connectivity index (χ4n) is 5.43. The second kappa shape index (κ2) is 9.51. The molecule has 0 saturated carbocycles. The molecule has 2 aliphatic heterocycles. The van der Waals surface area contributed by atoms with Gasteiger partial charge in [-0.15, -0.1) is 0 Å². The average molecular weight is 494 g/mol. The van der Waals surface area contributed by atoms with Gasteiger partial charge in [-0.2, -0.15) is 5.10 Å². The van der Waals surface area contributed by atoms with Gasteiger partial charge in [0.05, 0.1) is 18.3 Å². The summed E-state index contributed by atoms with van der Waals surface area (Å²) < 4.78 is 16.8. The number of carbonyl (C=O) groups is 2. The van der Waals surface area contributed by atoms with Crippen LogP contribution in [0, 0.1) is 11.2 Å². The third-order valence-corrected chi connectivity index (χ3v) is 7.71. The van der Waals surface area contributed by atoms with Crippen LogP contribution < -0.4 is 16.2 Å². The zero-order valence-electron chi connectivity index (χ0n) is 20.7. The van der Waals surface area contributed by atoms with Gasteiger partial charge in [-0.1, -0.05) is 13.0 Å². The van der Waals surface area contributed by atoms with E-state index >= 15 is 4.39 Å². The van der Waals surface area contributed by atoms with Crippen molar-refractivity contribution >= 4 is 28.5 Å². The number of hydrogen-bond acceptors (Lipinski definition) is 5. The number of amides is 3. The Balaban J connectivity index is 1.42. The number of nitrogens with zero attached hydrogens (tertiary/aromatic N) is 5. The molecule has 2 aromatic carbocycles. The number of carbonyl (C=O) groups excluding carboxylic acids is 2. The lowest BCUT2D eigenvalue weighted by atomic mass is 9.72. The Bertz CT molecular complexity index is 1290. The lowest BCUT2D eigenvalue weighted by molar-refractivity contribution is -0.0357. The van der Waals surface area contributed by atoms with Crippen molar-refractivity contribution in [3.8, 4) is 0 Å². The van der Waals surface area contributed by atoms with E-state index in [2.05, 4.69) is 16.9 Å². The first kappa shape index (κ1) is 24.2. The van der Waals surface area contributed by atoms with Gasteiger partial charge in [-0.25, -0.2) is 15.0 Å². The van der Waals surface area contributed by atoms with Crippen LogP contribution in [0.1, 0.15) is 35.7 Å². The maximum Gasteiger partial charge on any atom is 0.324 e. The predicted octanol–water partition coefficient (Wildman–Crippen LogP) is 2.86. The number of aromatic nitrogens is 2. The summed E-state index contributed by atoms with van der Waals surface area (Å²) in [7, 11) is 1.85. The fourth-order valence-corrected chi connectivity index (χ4v) is 5.43. The number of hydrogen-bond donors (Lipinski definition) is 2. The molecular formula is C26H32FN7O2. The Kier molecular flexibility index (Phi) is 6.40. The number of urea groups is 1. The lowest BCUT2D eigenvalue weighted by Crippen LogP contribution is -2.61. The van der Waals surface area contributed by atoms with Gasteiger partial charge < -0.3 is 9.80 Å². The molecule has 1 aromatic heterocycles. The van der Waals surface area contributed by atoms with Gasteiger partial charge >= 0.3 is 6.03 Å². The van der Waals surface area contributed by atoms with Gasteiger partial charge in [-0.05, 0) is 55.1 Å². The van der Waals surface area contributed by atoms with Crippen LogP contribution in [0.25, 0.3) is 10.9 Å². The van der Waals surface area contributed by atoms with Crippen molar-refractivity contribution in [1.82, 2.24) is 25.0 Å². The van der Waals surface area contributed by atoms with Crippen molar-refractivity contribution in [3.63, 3.8) is 0 Å². The second-order valence-corrected chi connectivity index (χ2v) is 9.95. The predicted molar refractivity (Wildman–Crippen MR) is 136 cm³/mol. The number of fused-ring (bicyclic) bond motifs is 1. The summed E-state index contributed by atoms with van der Waals surface area (Å²) in [6.07, 6.45) is 3.72. The molecule has 9 nitrogen and oxygen atoms in total. The molecule has 1 spiro atoms. The molecule has 0 unspecified atom stereocenters. The number of rotatable bonds is 5. The van der Waals surface area contributed by atoms with Crippen LogP contribution in [0.4, 0.5) is 14.9 Å². The molecule has 10 heteroatoms. The Morgan fingerprint density at radius 2 is 1.92 bits per heavy atom. The maximum atomic E-state index is 15.0. The molecule has 2 saturated heterocycles. The highest BCUT2D eigenvalue weighted by Crippen LogP contribution is 2.40. The third kappa shape index (κ3) is 4.42. The monoisotopic (exact) mass is 493 g/mol. The highest BCUT2D eigenvalue weighted by atomic mass is 19.1. The summed E-state index contributed by atoms with van der Waals surface area (Å²) in [5.74, 6) is 4.04. The van der Waals surface area contributed by atoms with E-state index in [0.29, 0.717) is 29.8 Å². The van der Waals surface area contributed by atoms with Gasteiger partial charge in [0.1, 0.15) is 5.82 Å². The van der Waals surface area contributed by atoms with E-state index in [1.165, 1.54) is 12.1 Å². The minimum absolute atomic E-state index is 0.0316. The molecule has 2 fully saturated rings. The molecule has 3 heterocycles. The molecule has 190 valence electrons. The summed E-state index contributed by atoms with van der Waals surface area (Å²) in [6.45, 7) is 6.82. The first-order chi connectivity index (χ1) is 17.3. The number of aryl methyl sites for hydroxylation is 1. The molecule has 5 rings (SSSR count). The van der Waals surface area contributed by atoms with Gasteiger partial charge in [-0.3, -0.25) is 19.8 Å². The van der Waals surface area contributed by atoms with E-state index < -0.39 is 11.7 Å². The Hall–Kier alpha value is -3.50. The van der Waals surface area contributed by atoms with Crippen LogP contribution in [0.2, 0.25) is 0 Å². The number of nitrogens with two attached hydrogens (primary N) is 1. The van der Waals surface area contributed by atoms with Gasteiger partial charge in [0, 0.05) is 55.4 Å². The van der Waals surface area contributed by atoms with Crippen molar-refractivity contribution in [2.75, 3.05) is 37.6 Å². The topological polar surface area (TPSA) is 99.7 Å². The number of piperidine rings is 1. The van der Waals surface area contributed by atoms with Crippen LogP contribution in [0.3, 0.4) is 0 Å². The standard InChI is InChI=1S/C26H32FN7O2/c1-3-32-16-26(17-32)8-10-33(11-9-26)25(36)34(21-7-6-19-14-29-31(2)23(19)13-21)15-20-5-4-18(12-22(20)27)24(35)30-28/h4-7,12-14H,3,8-11,15-17,28H2,1-2H3,(H,30,35). The molecule has 0 bridgehead atoms. The number of nitrogens with one attached hydrogen (secondary N) is 1. The molecule has 0 aliphatic carbocycles. The minimum atomic E-state index is -0.574. The van der Waals surface area contributed by atoms with Gasteiger partial charge in [0.2, 0.25) is 0 Å². The lowest BCUT2D eigenvalue weighted by Gasteiger charge is -2.54. The van der Waals surface area contributed by atoms with E-state index in [1.807, 2.05) is 35.6 Å². The van der Waals surface area contributed by atoms with E-state index in [0.717, 1.165) is 49.4 Å². The smallest absolute Gasteiger partial charge is 0.324 e. The molecule has 3 aromatic rings. The molecule has 3 N–H and O–H groups in total. The number of anilines is 1. The summed E-state index contributed by atoms with van der Waals surface area (Å²) in [4.78, 5) is 31.6. The third-order valence-electron chi connectivity index (χ3n) is 7.71. The van der Waals surface area contributed by atoms with Crippen molar-refractivity contribution in [2.24, 2.45) is 18.3 Å². The van der Waals surface area contributed by atoms with Gasteiger partial charge in [0.15, 0.2) is 0 Å². The molecule has 36 heavy (non-hydrogen) atoms. The fraction of sp³-hybridized carbons (Fsp3) is 0.423. The molecule has 0 radical (unpaired) electrons. The van der Waals surface area contributed by atoms with Gasteiger partial charge in [0.25, 0.3) is 5.91 Å². The zero-order chi connectivity index (χ0) is 25.4. The van der Waals surface area contributed by atoms with E-state index in [-0.39, 0.29) is 18.1 Å². The van der Waals surface area contributed by atoms with Crippen molar-refractivity contribution in [1.29, 1.82) is 0 Å². The normalized spacial score (nSPS) is 17.3. The van der Waals surface area contributed by atoms with Crippen LogP contribution in [0.5, 0.6) is 0 Å². The number of nitrogen functional groups attached to an aromatic ring is 1. The van der Waals surface area contributed by atoms with E-state index in [1.54, 1.807) is 15.8 Å². The summed E-state index contributed by atoms with van der Waals surface area (Å²) >= 11 is 0. The molecule has 2 aliphatic rings. The van der Waals surface area contributed by atoms with Crippen LogP contribution in [-0.4, -0.2) is 64.2 Å².